The standard InChI is InChI=1S/C12H7ClF3NO3S/c13-6-1-5(2-7-10(6)20-4-19-7)9(18)8-3-17-11(21-8)12(14,15)16/h1-3,9,18H,4H2. The zero-order valence-electron chi connectivity index (χ0n) is 10.1. The lowest BCUT2D eigenvalue weighted by molar-refractivity contribution is -0.137. The number of aliphatic hydroxyl groups excluding tert-OH is 1. The number of hydrogen-bond donors (Lipinski definition) is 1. The number of rotatable bonds is 2. The topological polar surface area (TPSA) is 51.6 Å². The highest BCUT2D eigenvalue weighted by molar-refractivity contribution is 7.11. The molecule has 1 atom stereocenters. The average Bonchev–Trinajstić information content (AvgIpc) is 3.05. The van der Waals surface area contributed by atoms with Gasteiger partial charge < -0.3 is 14.6 Å². The molecule has 1 unspecified atom stereocenters. The quantitative estimate of drug-likeness (QED) is 0.909. The van der Waals surface area contributed by atoms with Gasteiger partial charge in [-0.15, -0.1) is 11.3 Å². The summed E-state index contributed by atoms with van der Waals surface area (Å²) >= 11 is 6.36. The first-order valence-corrected chi connectivity index (χ1v) is 6.85. The minimum Gasteiger partial charge on any atom is -0.454 e. The first-order chi connectivity index (χ1) is 9.86. The molecule has 9 heteroatoms. The van der Waals surface area contributed by atoms with Crippen LogP contribution >= 0.6 is 22.9 Å². The Bertz CT molecular complexity index is 689. The van der Waals surface area contributed by atoms with Crippen LogP contribution in [-0.2, 0) is 6.18 Å². The fraction of sp³-hybridized carbons (Fsp3) is 0.250. The van der Waals surface area contributed by atoms with Crippen LogP contribution in [0.3, 0.4) is 0 Å². The Labute approximate surface area is 125 Å². The van der Waals surface area contributed by atoms with Gasteiger partial charge in [-0.2, -0.15) is 13.2 Å². The van der Waals surface area contributed by atoms with Crippen molar-refractivity contribution in [3.63, 3.8) is 0 Å². The molecule has 0 saturated carbocycles. The number of thiazole rings is 1. The second-order valence-corrected chi connectivity index (χ2v) is 5.67. The molecule has 0 fully saturated rings. The summed E-state index contributed by atoms with van der Waals surface area (Å²) in [5.74, 6) is 0.699. The molecule has 3 rings (SSSR count). The van der Waals surface area contributed by atoms with Gasteiger partial charge in [-0.3, -0.25) is 0 Å². The summed E-state index contributed by atoms with van der Waals surface area (Å²) in [4.78, 5) is 3.34. The summed E-state index contributed by atoms with van der Waals surface area (Å²) in [5, 5.41) is 9.39. The van der Waals surface area contributed by atoms with Gasteiger partial charge >= 0.3 is 6.18 Å². The SMILES string of the molecule is OC(c1cc(Cl)c2c(c1)OCO2)c1cnc(C(F)(F)F)s1. The first-order valence-electron chi connectivity index (χ1n) is 5.66. The van der Waals surface area contributed by atoms with Crippen molar-refractivity contribution in [3.8, 4) is 11.5 Å². The number of nitrogens with zero attached hydrogens (tertiary/aromatic N) is 1. The van der Waals surface area contributed by atoms with Gasteiger partial charge in [0.1, 0.15) is 6.10 Å². The van der Waals surface area contributed by atoms with E-state index in [1.807, 2.05) is 0 Å². The highest BCUT2D eigenvalue weighted by Gasteiger charge is 2.35. The van der Waals surface area contributed by atoms with Gasteiger partial charge in [-0.25, -0.2) is 4.98 Å². The predicted octanol–water partition coefficient (Wildman–Crippen LogP) is 3.63. The van der Waals surface area contributed by atoms with Crippen LogP contribution in [0.15, 0.2) is 18.3 Å². The Morgan fingerprint density at radius 3 is 2.76 bits per heavy atom. The lowest BCUT2D eigenvalue weighted by Gasteiger charge is -2.10. The molecule has 4 nitrogen and oxygen atoms in total. The van der Waals surface area contributed by atoms with E-state index in [2.05, 4.69) is 4.98 Å². The van der Waals surface area contributed by atoms with Crippen LogP contribution < -0.4 is 9.47 Å². The number of benzene rings is 1. The number of hydrogen-bond acceptors (Lipinski definition) is 5. The maximum absolute atomic E-state index is 12.5. The summed E-state index contributed by atoms with van der Waals surface area (Å²) in [6, 6.07) is 2.90. The lowest BCUT2D eigenvalue weighted by Crippen LogP contribution is -2.03. The molecule has 0 spiro atoms. The highest BCUT2D eigenvalue weighted by Crippen LogP contribution is 2.43. The molecule has 2 aromatic rings. The molecule has 1 aliphatic heterocycles. The molecule has 1 aromatic carbocycles. The maximum atomic E-state index is 12.5. The molecule has 0 saturated heterocycles. The smallest absolute Gasteiger partial charge is 0.443 e. The monoisotopic (exact) mass is 337 g/mol. The second kappa shape index (κ2) is 5.04. The fourth-order valence-corrected chi connectivity index (χ4v) is 2.92. The Hall–Kier alpha value is -1.51. The molecule has 0 radical (unpaired) electrons. The number of halogens is 4. The van der Waals surface area contributed by atoms with Crippen LogP contribution in [-0.4, -0.2) is 16.9 Å². The third-order valence-electron chi connectivity index (χ3n) is 2.80. The van der Waals surface area contributed by atoms with Gasteiger partial charge in [0, 0.05) is 6.20 Å². The zero-order chi connectivity index (χ0) is 15.2. The van der Waals surface area contributed by atoms with E-state index in [0.717, 1.165) is 6.20 Å². The van der Waals surface area contributed by atoms with E-state index in [9.17, 15) is 18.3 Å². The molecule has 1 N–H and O–H groups in total. The van der Waals surface area contributed by atoms with Crippen molar-refractivity contribution in [2.75, 3.05) is 6.79 Å². The zero-order valence-corrected chi connectivity index (χ0v) is 11.7. The van der Waals surface area contributed by atoms with Gasteiger partial charge in [0.05, 0.1) is 9.90 Å². The number of aromatic nitrogens is 1. The van der Waals surface area contributed by atoms with Crippen LogP contribution in [0.2, 0.25) is 5.02 Å². The summed E-state index contributed by atoms with van der Waals surface area (Å²) in [5.41, 5.74) is 0.307. The Balaban J connectivity index is 1.94. The third-order valence-corrected chi connectivity index (χ3v) is 4.18. The normalized spacial score (nSPS) is 15.3. The van der Waals surface area contributed by atoms with Crippen LogP contribution in [0.5, 0.6) is 11.5 Å². The van der Waals surface area contributed by atoms with Crippen molar-refractivity contribution < 1.29 is 27.8 Å². The third kappa shape index (κ3) is 2.66. The molecule has 1 aromatic heterocycles. The van der Waals surface area contributed by atoms with Crippen LogP contribution in [0.25, 0.3) is 0 Å². The molecule has 2 heterocycles. The van der Waals surface area contributed by atoms with Crippen molar-refractivity contribution >= 4 is 22.9 Å². The van der Waals surface area contributed by atoms with Crippen molar-refractivity contribution in [2.45, 2.75) is 12.3 Å². The molecule has 0 aliphatic carbocycles. The molecule has 1 aliphatic rings. The first kappa shape index (κ1) is 14.4. The number of ether oxygens (including phenoxy) is 2. The molecular formula is C12H7ClF3NO3S. The Kier molecular flexibility index (Phi) is 3.46. The fourth-order valence-electron chi connectivity index (χ4n) is 1.85. The highest BCUT2D eigenvalue weighted by atomic mass is 35.5. The van der Waals surface area contributed by atoms with E-state index in [-0.39, 0.29) is 16.7 Å². The van der Waals surface area contributed by atoms with Crippen molar-refractivity contribution in [3.05, 3.63) is 38.8 Å². The van der Waals surface area contributed by atoms with Gasteiger partial charge in [0.2, 0.25) is 6.79 Å². The molecule has 21 heavy (non-hydrogen) atoms. The summed E-state index contributed by atoms with van der Waals surface area (Å²) < 4.78 is 47.8. The Morgan fingerprint density at radius 1 is 1.33 bits per heavy atom. The summed E-state index contributed by atoms with van der Waals surface area (Å²) in [7, 11) is 0. The Morgan fingerprint density at radius 2 is 2.10 bits per heavy atom. The van der Waals surface area contributed by atoms with E-state index >= 15 is 0 Å². The largest absolute Gasteiger partial charge is 0.454 e. The van der Waals surface area contributed by atoms with Crippen LogP contribution in [0, 0.1) is 0 Å². The van der Waals surface area contributed by atoms with Crippen molar-refractivity contribution in [2.24, 2.45) is 0 Å². The van der Waals surface area contributed by atoms with E-state index in [1.165, 1.54) is 12.1 Å². The van der Waals surface area contributed by atoms with E-state index < -0.39 is 17.3 Å². The maximum Gasteiger partial charge on any atom is 0.443 e. The lowest BCUT2D eigenvalue weighted by atomic mass is 10.1. The van der Waals surface area contributed by atoms with Crippen LogP contribution in [0.1, 0.15) is 21.6 Å². The van der Waals surface area contributed by atoms with Crippen LogP contribution in [0.4, 0.5) is 13.2 Å². The van der Waals surface area contributed by atoms with Gasteiger partial charge in [-0.1, -0.05) is 11.6 Å². The van der Waals surface area contributed by atoms with E-state index in [4.69, 9.17) is 21.1 Å². The second-order valence-electron chi connectivity index (χ2n) is 4.20. The average molecular weight is 338 g/mol. The van der Waals surface area contributed by atoms with Gasteiger partial charge in [-0.05, 0) is 17.7 Å². The predicted molar refractivity (Wildman–Crippen MR) is 68.8 cm³/mol. The van der Waals surface area contributed by atoms with E-state index in [0.29, 0.717) is 28.4 Å². The molecule has 112 valence electrons. The minimum absolute atomic E-state index is 0.00732. The summed E-state index contributed by atoms with van der Waals surface area (Å²) in [6.45, 7) is 0.00732. The number of alkyl halides is 3. The van der Waals surface area contributed by atoms with Gasteiger partial charge in [0.15, 0.2) is 16.5 Å². The number of aliphatic hydroxyl groups is 1. The minimum atomic E-state index is -4.53. The molecular weight excluding hydrogens is 331 g/mol. The van der Waals surface area contributed by atoms with Crippen molar-refractivity contribution in [1.82, 2.24) is 4.98 Å². The molecule has 0 bridgehead atoms. The van der Waals surface area contributed by atoms with Crippen molar-refractivity contribution in [1.29, 1.82) is 0 Å². The van der Waals surface area contributed by atoms with E-state index in [1.54, 1.807) is 0 Å². The van der Waals surface area contributed by atoms with Gasteiger partial charge in [0.25, 0.3) is 0 Å². The summed E-state index contributed by atoms with van der Waals surface area (Å²) in [6.07, 6.45) is -4.81. The number of fused-ring (bicyclic) bond motifs is 1. The molecule has 0 amide bonds.